The summed E-state index contributed by atoms with van der Waals surface area (Å²) in [5.74, 6) is 0.763. The van der Waals surface area contributed by atoms with Crippen LogP contribution in [0.3, 0.4) is 0 Å². The quantitative estimate of drug-likeness (QED) is 0.338. The average Bonchev–Trinajstić information content (AvgIpc) is 3.34. The molecule has 166 valence electrons. The topological polar surface area (TPSA) is 85.8 Å². The lowest BCUT2D eigenvalue weighted by Crippen LogP contribution is -2.29. The van der Waals surface area contributed by atoms with E-state index in [1.165, 1.54) is 17.0 Å². The molecule has 0 spiro atoms. The summed E-state index contributed by atoms with van der Waals surface area (Å²) in [5, 5.41) is 4.61. The van der Waals surface area contributed by atoms with Gasteiger partial charge in [0.2, 0.25) is 5.76 Å². The van der Waals surface area contributed by atoms with Crippen molar-refractivity contribution >= 4 is 45.9 Å². The highest BCUT2D eigenvalue weighted by Gasteiger charge is 2.45. The number of nitrogens with zero attached hydrogens (tertiary/aromatic N) is 2. The number of aryl methyl sites for hydroxylation is 1. The fourth-order valence-corrected chi connectivity index (χ4v) is 4.45. The van der Waals surface area contributed by atoms with Crippen molar-refractivity contribution in [3.05, 3.63) is 98.0 Å². The molecule has 2 aromatic carbocycles. The second kappa shape index (κ2) is 8.10. The molecule has 0 bridgehead atoms. The van der Waals surface area contributed by atoms with E-state index >= 15 is 0 Å². The molecule has 1 aliphatic rings. The number of anilines is 1. The number of aromatic nitrogens is 1. The van der Waals surface area contributed by atoms with E-state index in [1.54, 1.807) is 43.3 Å². The molecule has 4 aromatic rings. The SMILES string of the molecule is C=CCOc1ccc([C@H]2c3c(oc4c(Cl)cc(Cl)cc4c3=O)C(=O)N2c2cc(C)on2)cc1. The molecule has 0 saturated heterocycles. The van der Waals surface area contributed by atoms with E-state index < -0.39 is 17.4 Å². The van der Waals surface area contributed by atoms with Crippen molar-refractivity contribution < 1.29 is 18.5 Å². The Bertz CT molecular complexity index is 1470. The number of ether oxygens (including phenoxy) is 1. The maximum atomic E-state index is 13.6. The first-order valence-corrected chi connectivity index (χ1v) is 10.7. The lowest BCUT2D eigenvalue weighted by molar-refractivity contribution is 0.0969. The van der Waals surface area contributed by atoms with Crippen LogP contribution in [-0.4, -0.2) is 17.7 Å². The van der Waals surface area contributed by atoms with Crippen LogP contribution < -0.4 is 15.1 Å². The number of benzene rings is 2. The molecule has 0 radical (unpaired) electrons. The van der Waals surface area contributed by atoms with Gasteiger partial charge in [-0.25, -0.2) is 0 Å². The van der Waals surface area contributed by atoms with Gasteiger partial charge in [-0.1, -0.05) is 53.1 Å². The van der Waals surface area contributed by atoms with Gasteiger partial charge >= 0.3 is 0 Å². The third kappa shape index (κ3) is 3.50. The molecule has 0 saturated carbocycles. The summed E-state index contributed by atoms with van der Waals surface area (Å²) in [5.41, 5.74) is 0.534. The third-order valence-corrected chi connectivity index (χ3v) is 5.82. The summed E-state index contributed by atoms with van der Waals surface area (Å²) in [7, 11) is 0. The second-order valence-corrected chi connectivity index (χ2v) is 8.32. The molecule has 5 rings (SSSR count). The van der Waals surface area contributed by atoms with Gasteiger partial charge in [-0.05, 0) is 36.8 Å². The molecular formula is C24H16Cl2N2O5. The standard InChI is InChI=1S/C24H16Cl2N2O5/c1-3-8-31-15-6-4-13(5-7-15)20-19-21(29)16-10-14(25)11-17(26)22(16)32-23(19)24(30)28(20)18-9-12(2)33-27-18/h3-7,9-11,20H,1,8H2,2H3/t20-/m0/s1. The van der Waals surface area contributed by atoms with E-state index in [-0.39, 0.29) is 38.2 Å². The summed E-state index contributed by atoms with van der Waals surface area (Å²) in [4.78, 5) is 28.5. The fourth-order valence-electron chi connectivity index (χ4n) is 3.92. The third-order valence-electron chi connectivity index (χ3n) is 5.32. The Hall–Kier alpha value is -3.55. The van der Waals surface area contributed by atoms with Crippen molar-refractivity contribution in [3.8, 4) is 5.75 Å². The second-order valence-electron chi connectivity index (χ2n) is 7.48. The number of fused-ring (bicyclic) bond motifs is 2. The Morgan fingerprint density at radius 2 is 1.94 bits per heavy atom. The van der Waals surface area contributed by atoms with Gasteiger partial charge in [-0.15, -0.1) is 0 Å². The minimum absolute atomic E-state index is 0.100. The summed E-state index contributed by atoms with van der Waals surface area (Å²) in [6, 6.07) is 10.8. The minimum atomic E-state index is -0.802. The highest BCUT2D eigenvalue weighted by atomic mass is 35.5. The molecule has 2 aromatic heterocycles. The normalized spacial score (nSPS) is 15.2. The van der Waals surface area contributed by atoms with Crippen molar-refractivity contribution in [2.24, 2.45) is 0 Å². The minimum Gasteiger partial charge on any atom is -0.490 e. The zero-order valence-corrected chi connectivity index (χ0v) is 18.8. The molecule has 1 aliphatic heterocycles. The van der Waals surface area contributed by atoms with Crippen LogP contribution in [0.2, 0.25) is 10.0 Å². The number of carbonyl (C=O) groups excluding carboxylic acids is 1. The molecule has 0 aliphatic carbocycles. The predicted octanol–water partition coefficient (Wildman–Crippen LogP) is 5.71. The Kier molecular flexibility index (Phi) is 5.23. The molecule has 1 atom stereocenters. The molecule has 1 amide bonds. The number of hydrogen-bond donors (Lipinski definition) is 0. The first-order valence-electron chi connectivity index (χ1n) is 9.95. The Morgan fingerprint density at radius 3 is 2.61 bits per heavy atom. The number of halogens is 2. The first kappa shape index (κ1) is 21.3. The highest BCUT2D eigenvalue weighted by Crippen LogP contribution is 2.42. The summed E-state index contributed by atoms with van der Waals surface area (Å²) >= 11 is 12.4. The van der Waals surface area contributed by atoms with E-state index in [0.29, 0.717) is 23.7 Å². The van der Waals surface area contributed by atoms with Crippen molar-refractivity contribution in [3.63, 3.8) is 0 Å². The molecule has 33 heavy (non-hydrogen) atoms. The predicted molar refractivity (Wildman–Crippen MR) is 125 cm³/mol. The number of hydrogen-bond acceptors (Lipinski definition) is 6. The number of amides is 1. The largest absolute Gasteiger partial charge is 0.490 e. The van der Waals surface area contributed by atoms with Crippen molar-refractivity contribution in [2.45, 2.75) is 13.0 Å². The van der Waals surface area contributed by atoms with Gasteiger partial charge in [-0.2, -0.15) is 0 Å². The van der Waals surface area contributed by atoms with Crippen molar-refractivity contribution in [2.75, 3.05) is 11.5 Å². The van der Waals surface area contributed by atoms with E-state index in [9.17, 15) is 9.59 Å². The van der Waals surface area contributed by atoms with E-state index in [2.05, 4.69) is 11.7 Å². The van der Waals surface area contributed by atoms with Gasteiger partial charge in [0.05, 0.1) is 22.0 Å². The molecule has 0 N–H and O–H groups in total. The maximum Gasteiger partial charge on any atom is 0.296 e. The zero-order chi connectivity index (χ0) is 23.3. The average molecular weight is 483 g/mol. The van der Waals surface area contributed by atoms with Crippen LogP contribution in [0, 0.1) is 6.92 Å². The lowest BCUT2D eigenvalue weighted by atomic mass is 9.98. The van der Waals surface area contributed by atoms with Crippen molar-refractivity contribution in [1.29, 1.82) is 0 Å². The summed E-state index contributed by atoms with van der Waals surface area (Å²) in [6.45, 7) is 5.70. The number of rotatable bonds is 5. The van der Waals surface area contributed by atoms with Crippen LogP contribution in [-0.2, 0) is 0 Å². The molecule has 9 heteroatoms. The fraction of sp³-hybridized carbons (Fsp3) is 0.125. The van der Waals surface area contributed by atoms with E-state index in [0.717, 1.165) is 0 Å². The molecular weight excluding hydrogens is 467 g/mol. The molecule has 3 heterocycles. The van der Waals surface area contributed by atoms with Gasteiger partial charge in [0, 0.05) is 11.1 Å². The van der Waals surface area contributed by atoms with Gasteiger partial charge in [-0.3, -0.25) is 14.5 Å². The van der Waals surface area contributed by atoms with Crippen LogP contribution in [0.4, 0.5) is 5.82 Å². The summed E-state index contributed by atoms with van der Waals surface area (Å²) in [6.07, 6.45) is 1.64. The monoisotopic (exact) mass is 482 g/mol. The van der Waals surface area contributed by atoms with E-state index in [4.69, 9.17) is 36.9 Å². The van der Waals surface area contributed by atoms with Crippen LogP contribution in [0.25, 0.3) is 11.0 Å². The highest BCUT2D eigenvalue weighted by molar-refractivity contribution is 6.38. The maximum absolute atomic E-state index is 13.6. The van der Waals surface area contributed by atoms with Gasteiger partial charge in [0.1, 0.15) is 18.1 Å². The Labute approximate surface area is 197 Å². The Balaban J connectivity index is 1.74. The van der Waals surface area contributed by atoms with E-state index in [1.807, 2.05) is 0 Å². The molecule has 0 fully saturated rings. The molecule has 7 nitrogen and oxygen atoms in total. The first-order chi connectivity index (χ1) is 15.9. The Morgan fingerprint density at radius 1 is 1.18 bits per heavy atom. The lowest BCUT2D eigenvalue weighted by Gasteiger charge is -2.22. The van der Waals surface area contributed by atoms with Crippen LogP contribution >= 0.6 is 23.2 Å². The van der Waals surface area contributed by atoms with Gasteiger partial charge < -0.3 is 13.7 Å². The van der Waals surface area contributed by atoms with Gasteiger partial charge in [0.25, 0.3) is 5.91 Å². The van der Waals surface area contributed by atoms with Crippen LogP contribution in [0.15, 0.2) is 68.9 Å². The molecule has 0 unspecified atom stereocenters. The van der Waals surface area contributed by atoms with Crippen LogP contribution in [0.1, 0.15) is 33.5 Å². The number of carbonyl (C=O) groups is 1. The summed E-state index contributed by atoms with van der Waals surface area (Å²) < 4.78 is 16.6. The van der Waals surface area contributed by atoms with Gasteiger partial charge in [0.15, 0.2) is 16.8 Å². The zero-order valence-electron chi connectivity index (χ0n) is 17.3. The van der Waals surface area contributed by atoms with Crippen LogP contribution in [0.5, 0.6) is 5.75 Å². The van der Waals surface area contributed by atoms with Crippen molar-refractivity contribution in [1.82, 2.24) is 5.16 Å². The smallest absolute Gasteiger partial charge is 0.296 e.